The number of ether oxygens (including phenoxy) is 1. The molecule has 0 unspecified atom stereocenters. The van der Waals surface area contributed by atoms with Gasteiger partial charge in [-0.05, 0) is 31.9 Å². The van der Waals surface area contributed by atoms with E-state index in [4.69, 9.17) is 4.74 Å². The van der Waals surface area contributed by atoms with Crippen molar-refractivity contribution in [1.82, 2.24) is 9.97 Å². The molecule has 18 heavy (non-hydrogen) atoms. The first-order chi connectivity index (χ1) is 8.74. The number of hydrogen-bond donors (Lipinski definition) is 0. The molecule has 3 rings (SSSR count). The van der Waals surface area contributed by atoms with Gasteiger partial charge in [-0.3, -0.25) is 4.79 Å². The Hall–Kier alpha value is -1.97. The van der Waals surface area contributed by atoms with Crippen LogP contribution < -0.4 is 0 Å². The smallest absolute Gasteiger partial charge is 0.309 e. The van der Waals surface area contributed by atoms with Crippen LogP contribution in [0.15, 0.2) is 24.3 Å². The highest BCUT2D eigenvalue weighted by Gasteiger charge is 2.31. The van der Waals surface area contributed by atoms with E-state index in [9.17, 15) is 4.79 Å². The topological polar surface area (TPSA) is 52.1 Å². The minimum Gasteiger partial charge on any atom is -0.459 e. The van der Waals surface area contributed by atoms with Gasteiger partial charge in [0.05, 0.1) is 28.3 Å². The number of aromatic nitrogens is 2. The number of carbonyl (C=O) groups excluding carboxylic acids is 1. The van der Waals surface area contributed by atoms with Crippen molar-refractivity contribution in [3.05, 3.63) is 35.7 Å². The van der Waals surface area contributed by atoms with Crippen molar-refractivity contribution in [3.63, 3.8) is 0 Å². The standard InChI is InChI=1S/C14H14N2O2/c1-9-13(8-18-14(17)10-6-7-10)16-12-5-3-2-4-11(12)15-9/h2-5,10H,6-8H2,1H3. The summed E-state index contributed by atoms with van der Waals surface area (Å²) in [4.78, 5) is 20.4. The molecule has 1 saturated carbocycles. The molecule has 1 aliphatic carbocycles. The molecule has 1 aromatic carbocycles. The molecule has 0 amide bonds. The molecule has 0 atom stereocenters. The zero-order valence-electron chi connectivity index (χ0n) is 10.2. The third kappa shape index (κ3) is 2.18. The molecule has 4 nitrogen and oxygen atoms in total. The second kappa shape index (κ2) is 4.37. The second-order valence-electron chi connectivity index (χ2n) is 4.63. The van der Waals surface area contributed by atoms with Gasteiger partial charge in [-0.2, -0.15) is 0 Å². The minimum absolute atomic E-state index is 0.107. The Morgan fingerprint density at radius 2 is 1.94 bits per heavy atom. The average molecular weight is 242 g/mol. The molecule has 1 aromatic heterocycles. The van der Waals surface area contributed by atoms with Crippen molar-refractivity contribution in [2.45, 2.75) is 26.4 Å². The van der Waals surface area contributed by atoms with Gasteiger partial charge in [0.25, 0.3) is 0 Å². The van der Waals surface area contributed by atoms with Crippen molar-refractivity contribution >= 4 is 17.0 Å². The fourth-order valence-corrected chi connectivity index (χ4v) is 1.84. The Balaban J connectivity index is 1.82. The molecule has 0 N–H and O–H groups in total. The lowest BCUT2D eigenvalue weighted by Crippen LogP contribution is -2.09. The molecule has 0 spiro atoms. The van der Waals surface area contributed by atoms with Gasteiger partial charge < -0.3 is 4.74 Å². The molecule has 0 radical (unpaired) electrons. The van der Waals surface area contributed by atoms with Crippen molar-refractivity contribution in [2.75, 3.05) is 0 Å². The number of para-hydroxylation sites is 2. The highest BCUT2D eigenvalue weighted by molar-refractivity contribution is 5.75. The number of esters is 1. The Bertz CT molecular complexity index is 606. The molecule has 0 saturated heterocycles. The highest BCUT2D eigenvalue weighted by atomic mass is 16.5. The lowest BCUT2D eigenvalue weighted by atomic mass is 10.2. The largest absolute Gasteiger partial charge is 0.459 e. The summed E-state index contributed by atoms with van der Waals surface area (Å²) in [6.45, 7) is 2.11. The summed E-state index contributed by atoms with van der Waals surface area (Å²) in [5.74, 6) is 0.0167. The van der Waals surface area contributed by atoms with E-state index in [2.05, 4.69) is 9.97 Å². The number of nitrogens with zero attached hydrogens (tertiary/aromatic N) is 2. The second-order valence-corrected chi connectivity index (χ2v) is 4.63. The van der Waals surface area contributed by atoms with Crippen LogP contribution in [0.4, 0.5) is 0 Å². The van der Waals surface area contributed by atoms with Crippen molar-refractivity contribution in [3.8, 4) is 0 Å². The van der Waals surface area contributed by atoms with Gasteiger partial charge >= 0.3 is 5.97 Å². The monoisotopic (exact) mass is 242 g/mol. The van der Waals surface area contributed by atoms with Crippen LogP contribution in [0.5, 0.6) is 0 Å². The zero-order valence-corrected chi connectivity index (χ0v) is 10.2. The summed E-state index contributed by atoms with van der Waals surface area (Å²) >= 11 is 0. The van der Waals surface area contributed by atoms with Gasteiger partial charge in [-0.15, -0.1) is 0 Å². The lowest BCUT2D eigenvalue weighted by molar-refractivity contribution is -0.146. The predicted molar refractivity (Wildman–Crippen MR) is 66.8 cm³/mol. The summed E-state index contributed by atoms with van der Waals surface area (Å²) in [5.41, 5.74) is 3.26. The maximum atomic E-state index is 11.5. The molecule has 1 aliphatic rings. The quantitative estimate of drug-likeness (QED) is 0.775. The van der Waals surface area contributed by atoms with Crippen LogP contribution in [-0.4, -0.2) is 15.9 Å². The van der Waals surface area contributed by atoms with E-state index in [-0.39, 0.29) is 18.5 Å². The molecule has 4 heteroatoms. The van der Waals surface area contributed by atoms with Crippen LogP contribution in [0.2, 0.25) is 0 Å². The van der Waals surface area contributed by atoms with E-state index in [1.54, 1.807) is 0 Å². The Morgan fingerprint density at radius 1 is 1.28 bits per heavy atom. The SMILES string of the molecule is Cc1nc2ccccc2nc1COC(=O)C1CC1. The van der Waals surface area contributed by atoms with E-state index < -0.39 is 0 Å². The molecule has 1 fully saturated rings. The molecule has 2 aromatic rings. The normalized spacial score (nSPS) is 14.7. The maximum absolute atomic E-state index is 11.5. The maximum Gasteiger partial charge on any atom is 0.309 e. The van der Waals surface area contributed by atoms with Gasteiger partial charge in [0.2, 0.25) is 0 Å². The van der Waals surface area contributed by atoms with Gasteiger partial charge in [0.1, 0.15) is 6.61 Å². The van der Waals surface area contributed by atoms with Gasteiger partial charge in [0.15, 0.2) is 0 Å². The van der Waals surface area contributed by atoms with Crippen LogP contribution >= 0.6 is 0 Å². The molecular formula is C14H14N2O2. The van der Waals surface area contributed by atoms with Crippen LogP contribution in [0.1, 0.15) is 24.2 Å². The van der Waals surface area contributed by atoms with E-state index >= 15 is 0 Å². The first kappa shape index (κ1) is 11.1. The third-order valence-electron chi connectivity index (χ3n) is 3.10. The van der Waals surface area contributed by atoms with E-state index in [1.807, 2.05) is 31.2 Å². The van der Waals surface area contributed by atoms with Crippen LogP contribution in [0.3, 0.4) is 0 Å². The highest BCUT2D eigenvalue weighted by Crippen LogP contribution is 2.30. The summed E-state index contributed by atoms with van der Waals surface area (Å²) in [7, 11) is 0. The Kier molecular flexibility index (Phi) is 2.70. The van der Waals surface area contributed by atoms with Crippen molar-refractivity contribution < 1.29 is 9.53 Å². The third-order valence-corrected chi connectivity index (χ3v) is 3.10. The van der Waals surface area contributed by atoms with Crippen LogP contribution in [0.25, 0.3) is 11.0 Å². The number of carbonyl (C=O) groups is 1. The molecule has 1 heterocycles. The molecular weight excluding hydrogens is 228 g/mol. The average Bonchev–Trinajstić information content (AvgIpc) is 3.20. The number of benzene rings is 1. The summed E-state index contributed by atoms with van der Waals surface area (Å²) < 4.78 is 5.24. The van der Waals surface area contributed by atoms with Gasteiger partial charge in [0, 0.05) is 0 Å². The van der Waals surface area contributed by atoms with Crippen molar-refractivity contribution in [1.29, 1.82) is 0 Å². The number of hydrogen-bond acceptors (Lipinski definition) is 4. The fourth-order valence-electron chi connectivity index (χ4n) is 1.84. The van der Waals surface area contributed by atoms with Gasteiger partial charge in [-0.25, -0.2) is 9.97 Å². The minimum atomic E-state index is -0.107. The van der Waals surface area contributed by atoms with E-state index in [1.165, 1.54) is 0 Å². The first-order valence-corrected chi connectivity index (χ1v) is 6.13. The number of aryl methyl sites for hydroxylation is 1. The summed E-state index contributed by atoms with van der Waals surface area (Å²) in [6, 6.07) is 7.69. The molecule has 0 bridgehead atoms. The Labute approximate surface area is 105 Å². The fraction of sp³-hybridized carbons (Fsp3) is 0.357. The molecule has 0 aliphatic heterocycles. The van der Waals surface area contributed by atoms with Gasteiger partial charge in [-0.1, -0.05) is 12.1 Å². The van der Waals surface area contributed by atoms with E-state index in [0.717, 1.165) is 35.3 Å². The molecule has 92 valence electrons. The van der Waals surface area contributed by atoms with E-state index in [0.29, 0.717) is 0 Å². The Morgan fingerprint density at radius 3 is 2.61 bits per heavy atom. The summed E-state index contributed by atoms with van der Waals surface area (Å²) in [6.07, 6.45) is 1.92. The van der Waals surface area contributed by atoms with Crippen molar-refractivity contribution in [2.24, 2.45) is 5.92 Å². The van der Waals surface area contributed by atoms with Crippen LogP contribution in [-0.2, 0) is 16.1 Å². The predicted octanol–water partition coefficient (Wildman–Crippen LogP) is 2.39. The summed E-state index contributed by atoms with van der Waals surface area (Å²) in [5, 5.41) is 0. The van der Waals surface area contributed by atoms with Crippen LogP contribution in [0, 0.1) is 12.8 Å². The zero-order chi connectivity index (χ0) is 12.5. The lowest BCUT2D eigenvalue weighted by Gasteiger charge is -2.07. The first-order valence-electron chi connectivity index (χ1n) is 6.13. The number of rotatable bonds is 3. The number of fused-ring (bicyclic) bond motifs is 1.